The maximum absolute atomic E-state index is 5.54. The topological polar surface area (TPSA) is 39.7 Å². The molecule has 1 N–H and O–H groups in total. The number of methoxy groups -OCH3 is 1. The molecule has 4 nitrogen and oxygen atoms in total. The maximum Gasteiger partial charge on any atom is 0.0718 e. The van der Waals surface area contributed by atoms with E-state index in [4.69, 9.17) is 14.2 Å². The van der Waals surface area contributed by atoms with E-state index in [1.54, 1.807) is 7.11 Å². The second-order valence-corrected chi connectivity index (χ2v) is 4.25. The van der Waals surface area contributed by atoms with E-state index < -0.39 is 0 Å². The lowest BCUT2D eigenvalue weighted by Crippen LogP contribution is -2.11. The minimum atomic E-state index is 0.613. The monoisotopic (exact) mass is 267 g/mol. The van der Waals surface area contributed by atoms with Gasteiger partial charge in [0.05, 0.1) is 33.0 Å². The highest BCUT2D eigenvalue weighted by molar-refractivity contribution is 5.21. The summed E-state index contributed by atoms with van der Waals surface area (Å²) < 4.78 is 15.7. The average molecular weight is 267 g/mol. The number of rotatable bonds is 11. The van der Waals surface area contributed by atoms with Gasteiger partial charge in [-0.1, -0.05) is 31.2 Å². The van der Waals surface area contributed by atoms with Crippen molar-refractivity contribution in [1.82, 2.24) is 5.32 Å². The molecule has 0 heterocycles. The molecule has 0 radical (unpaired) electrons. The summed E-state index contributed by atoms with van der Waals surface area (Å²) in [7, 11) is 1.67. The molecule has 0 unspecified atom stereocenters. The van der Waals surface area contributed by atoms with Crippen molar-refractivity contribution < 1.29 is 14.2 Å². The van der Waals surface area contributed by atoms with E-state index >= 15 is 0 Å². The predicted molar refractivity (Wildman–Crippen MR) is 76.2 cm³/mol. The third-order valence-corrected chi connectivity index (χ3v) is 2.67. The molecule has 0 saturated carbocycles. The second kappa shape index (κ2) is 10.9. The molecule has 0 spiro atoms. The van der Waals surface area contributed by atoms with Crippen molar-refractivity contribution in [2.75, 3.05) is 40.1 Å². The molecule has 19 heavy (non-hydrogen) atoms. The standard InChI is InChI=1S/C15H25NO3/c1-3-16-12-14-4-6-15(7-5-14)13-19-11-10-18-9-8-17-2/h4-7,16H,3,8-13H2,1-2H3. The van der Waals surface area contributed by atoms with Gasteiger partial charge in [0.2, 0.25) is 0 Å². The smallest absolute Gasteiger partial charge is 0.0718 e. The first kappa shape index (κ1) is 16.1. The van der Waals surface area contributed by atoms with E-state index in [1.807, 2.05) is 0 Å². The predicted octanol–water partition coefficient (Wildman–Crippen LogP) is 1.98. The normalized spacial score (nSPS) is 10.8. The molecule has 0 saturated heterocycles. The van der Waals surface area contributed by atoms with Gasteiger partial charge < -0.3 is 19.5 Å². The molecule has 0 aliphatic heterocycles. The van der Waals surface area contributed by atoms with Gasteiger partial charge in [-0.05, 0) is 17.7 Å². The van der Waals surface area contributed by atoms with Crippen LogP contribution in [0.2, 0.25) is 0 Å². The maximum atomic E-state index is 5.54. The first-order chi connectivity index (χ1) is 9.36. The van der Waals surface area contributed by atoms with E-state index in [9.17, 15) is 0 Å². The van der Waals surface area contributed by atoms with E-state index in [1.165, 1.54) is 11.1 Å². The van der Waals surface area contributed by atoms with Gasteiger partial charge in [-0.15, -0.1) is 0 Å². The Hall–Kier alpha value is -0.940. The molecule has 1 rings (SSSR count). The summed E-state index contributed by atoms with van der Waals surface area (Å²) in [5, 5.41) is 3.30. The lowest BCUT2D eigenvalue weighted by molar-refractivity contribution is 0.0199. The molecule has 4 heteroatoms. The Kier molecular flexibility index (Phi) is 9.27. The molecule has 0 aliphatic rings. The van der Waals surface area contributed by atoms with Crippen LogP contribution in [-0.2, 0) is 27.4 Å². The fourth-order valence-electron chi connectivity index (χ4n) is 1.57. The Morgan fingerprint density at radius 1 is 0.895 bits per heavy atom. The van der Waals surface area contributed by atoms with Crippen LogP contribution < -0.4 is 5.32 Å². The summed E-state index contributed by atoms with van der Waals surface area (Å²) in [6, 6.07) is 8.49. The van der Waals surface area contributed by atoms with Gasteiger partial charge in [0.15, 0.2) is 0 Å². The summed E-state index contributed by atoms with van der Waals surface area (Å²) in [4.78, 5) is 0. The van der Waals surface area contributed by atoms with Gasteiger partial charge in [-0.3, -0.25) is 0 Å². The zero-order valence-electron chi connectivity index (χ0n) is 12.0. The Morgan fingerprint density at radius 2 is 1.53 bits per heavy atom. The van der Waals surface area contributed by atoms with Crippen LogP contribution in [0, 0.1) is 0 Å². The van der Waals surface area contributed by atoms with Gasteiger partial charge in [0.25, 0.3) is 0 Å². The van der Waals surface area contributed by atoms with E-state index in [-0.39, 0.29) is 0 Å². The number of hydrogen-bond donors (Lipinski definition) is 1. The molecule has 0 amide bonds. The molecule has 0 fully saturated rings. The highest BCUT2D eigenvalue weighted by Gasteiger charge is 1.95. The Balaban J connectivity index is 2.09. The van der Waals surface area contributed by atoms with Gasteiger partial charge in [0, 0.05) is 13.7 Å². The van der Waals surface area contributed by atoms with Crippen LogP contribution >= 0.6 is 0 Å². The highest BCUT2D eigenvalue weighted by Crippen LogP contribution is 2.05. The summed E-state index contributed by atoms with van der Waals surface area (Å²) in [6.45, 7) is 7.14. The third-order valence-electron chi connectivity index (χ3n) is 2.67. The molecule has 0 atom stereocenters. The molecule has 1 aromatic carbocycles. The van der Waals surface area contributed by atoms with Crippen LogP contribution in [0.4, 0.5) is 0 Å². The van der Waals surface area contributed by atoms with Crippen LogP contribution in [-0.4, -0.2) is 40.1 Å². The summed E-state index contributed by atoms with van der Waals surface area (Å²) in [5.41, 5.74) is 2.49. The quantitative estimate of drug-likeness (QED) is 0.622. The van der Waals surface area contributed by atoms with Gasteiger partial charge in [-0.25, -0.2) is 0 Å². The van der Waals surface area contributed by atoms with Crippen LogP contribution in [0.25, 0.3) is 0 Å². The van der Waals surface area contributed by atoms with Crippen LogP contribution in [0.1, 0.15) is 18.1 Å². The number of benzene rings is 1. The number of nitrogens with one attached hydrogen (secondary N) is 1. The molecule has 0 aliphatic carbocycles. The molecule has 1 aromatic rings. The lowest BCUT2D eigenvalue weighted by Gasteiger charge is -2.07. The van der Waals surface area contributed by atoms with Crippen molar-refractivity contribution in [2.24, 2.45) is 0 Å². The zero-order valence-corrected chi connectivity index (χ0v) is 12.0. The first-order valence-corrected chi connectivity index (χ1v) is 6.79. The van der Waals surface area contributed by atoms with Crippen LogP contribution in [0.5, 0.6) is 0 Å². The van der Waals surface area contributed by atoms with Gasteiger partial charge in [0.1, 0.15) is 0 Å². The Labute approximate surface area is 116 Å². The van der Waals surface area contributed by atoms with Crippen molar-refractivity contribution in [1.29, 1.82) is 0 Å². The SMILES string of the molecule is CCNCc1ccc(COCCOCCOC)cc1. The molecule has 0 bridgehead atoms. The number of hydrogen-bond acceptors (Lipinski definition) is 4. The van der Waals surface area contributed by atoms with E-state index in [0.29, 0.717) is 33.0 Å². The van der Waals surface area contributed by atoms with Crippen molar-refractivity contribution in [2.45, 2.75) is 20.1 Å². The van der Waals surface area contributed by atoms with Gasteiger partial charge in [-0.2, -0.15) is 0 Å². The second-order valence-electron chi connectivity index (χ2n) is 4.25. The van der Waals surface area contributed by atoms with Crippen molar-refractivity contribution in [3.63, 3.8) is 0 Å². The Morgan fingerprint density at radius 3 is 2.21 bits per heavy atom. The Bertz CT molecular complexity index is 314. The van der Waals surface area contributed by atoms with Crippen LogP contribution in [0.3, 0.4) is 0 Å². The van der Waals surface area contributed by atoms with Crippen molar-refractivity contribution in [3.8, 4) is 0 Å². The summed E-state index contributed by atoms with van der Waals surface area (Å²) in [5.74, 6) is 0. The zero-order chi connectivity index (χ0) is 13.8. The van der Waals surface area contributed by atoms with Crippen LogP contribution in [0.15, 0.2) is 24.3 Å². The highest BCUT2D eigenvalue weighted by atomic mass is 16.5. The summed E-state index contributed by atoms with van der Waals surface area (Å²) in [6.07, 6.45) is 0. The van der Waals surface area contributed by atoms with Gasteiger partial charge >= 0.3 is 0 Å². The van der Waals surface area contributed by atoms with E-state index in [2.05, 4.69) is 36.5 Å². The average Bonchev–Trinajstić information content (AvgIpc) is 2.45. The van der Waals surface area contributed by atoms with E-state index in [0.717, 1.165) is 13.1 Å². The molecule has 0 aromatic heterocycles. The van der Waals surface area contributed by atoms with Crippen molar-refractivity contribution in [3.05, 3.63) is 35.4 Å². The van der Waals surface area contributed by atoms with Crippen molar-refractivity contribution >= 4 is 0 Å². The molecular formula is C15H25NO3. The third kappa shape index (κ3) is 7.95. The molecule has 108 valence electrons. The largest absolute Gasteiger partial charge is 0.382 e. The number of ether oxygens (including phenoxy) is 3. The minimum absolute atomic E-state index is 0.613. The minimum Gasteiger partial charge on any atom is -0.382 e. The fraction of sp³-hybridized carbons (Fsp3) is 0.600. The summed E-state index contributed by atoms with van der Waals surface area (Å²) >= 11 is 0. The first-order valence-electron chi connectivity index (χ1n) is 6.79. The fourth-order valence-corrected chi connectivity index (χ4v) is 1.57. The lowest BCUT2D eigenvalue weighted by atomic mass is 10.1. The molecular weight excluding hydrogens is 242 g/mol.